The van der Waals surface area contributed by atoms with E-state index in [0.29, 0.717) is 5.33 Å². The highest BCUT2D eigenvalue weighted by molar-refractivity contribution is 9.09. The quantitative estimate of drug-likeness (QED) is 0.344. The normalized spacial score (nSPS) is 42.1. The van der Waals surface area contributed by atoms with E-state index >= 15 is 0 Å². The summed E-state index contributed by atoms with van der Waals surface area (Å²) in [6.07, 6.45) is 1.61. The highest BCUT2D eigenvalue weighted by Gasteiger charge is 2.69. The molecule has 2 aliphatic carbocycles. The molecule has 0 aromatic carbocycles. The fourth-order valence-corrected chi connectivity index (χ4v) is 4.73. The molecule has 4 nitrogen and oxygen atoms in total. The average Bonchev–Trinajstić information content (AvgIpc) is 2.71. The van der Waals surface area contributed by atoms with Gasteiger partial charge in [-0.25, -0.2) is 4.79 Å². The Labute approximate surface area is 115 Å². The Morgan fingerprint density at radius 2 is 2.06 bits per heavy atom. The SMILES string of the molecule is COC(=O)C(=O)C1C(=O)C2(C)CCC1C2(C)CBr. The van der Waals surface area contributed by atoms with Gasteiger partial charge in [0.2, 0.25) is 0 Å². The van der Waals surface area contributed by atoms with Crippen molar-refractivity contribution < 1.29 is 19.1 Å². The molecule has 0 radical (unpaired) electrons. The molecule has 5 heteroatoms. The minimum absolute atomic E-state index is 0.0547. The van der Waals surface area contributed by atoms with Crippen LogP contribution >= 0.6 is 15.9 Å². The fourth-order valence-electron chi connectivity index (χ4n) is 3.70. The maximum Gasteiger partial charge on any atom is 0.375 e. The zero-order chi connectivity index (χ0) is 13.7. The van der Waals surface area contributed by atoms with E-state index < -0.39 is 23.1 Å². The molecule has 2 bridgehead atoms. The van der Waals surface area contributed by atoms with E-state index in [-0.39, 0.29) is 17.1 Å². The summed E-state index contributed by atoms with van der Waals surface area (Å²) in [5.41, 5.74) is -0.756. The third-order valence-electron chi connectivity index (χ3n) is 5.21. The average molecular weight is 317 g/mol. The van der Waals surface area contributed by atoms with Crippen LogP contribution in [0.15, 0.2) is 0 Å². The van der Waals surface area contributed by atoms with Crippen molar-refractivity contribution in [3.63, 3.8) is 0 Å². The third kappa shape index (κ3) is 1.40. The van der Waals surface area contributed by atoms with Gasteiger partial charge in [0, 0.05) is 10.7 Å². The van der Waals surface area contributed by atoms with Crippen LogP contribution in [0.25, 0.3) is 0 Å². The molecule has 0 heterocycles. The summed E-state index contributed by atoms with van der Waals surface area (Å²) in [6, 6.07) is 0. The van der Waals surface area contributed by atoms with E-state index in [1.807, 2.05) is 13.8 Å². The first-order chi connectivity index (χ1) is 8.33. The standard InChI is InChI=1S/C13H17BrO4/c1-12-5-4-7(13(12,2)6-14)8(10(12)16)9(15)11(17)18-3/h7-8H,4-6H2,1-3H3. The van der Waals surface area contributed by atoms with Crippen molar-refractivity contribution in [1.82, 2.24) is 0 Å². The largest absolute Gasteiger partial charge is 0.463 e. The first-order valence-electron chi connectivity index (χ1n) is 6.06. The number of Topliss-reactive ketones (excluding diaryl/α,β-unsaturated/α-hetero) is 2. The van der Waals surface area contributed by atoms with Crippen molar-refractivity contribution in [2.24, 2.45) is 22.7 Å². The van der Waals surface area contributed by atoms with Crippen LogP contribution in [0, 0.1) is 22.7 Å². The number of methoxy groups -OCH3 is 1. The van der Waals surface area contributed by atoms with Crippen LogP contribution in [0.5, 0.6) is 0 Å². The van der Waals surface area contributed by atoms with Crippen LogP contribution in [-0.2, 0) is 19.1 Å². The highest BCUT2D eigenvalue weighted by atomic mass is 79.9. The van der Waals surface area contributed by atoms with Gasteiger partial charge in [0.15, 0.2) is 5.78 Å². The maximum atomic E-state index is 12.5. The van der Waals surface area contributed by atoms with E-state index in [9.17, 15) is 14.4 Å². The van der Waals surface area contributed by atoms with Crippen molar-refractivity contribution in [3.05, 3.63) is 0 Å². The number of fused-ring (bicyclic) bond motifs is 2. The predicted molar refractivity (Wildman–Crippen MR) is 68.3 cm³/mol. The first kappa shape index (κ1) is 13.7. The van der Waals surface area contributed by atoms with Gasteiger partial charge < -0.3 is 4.74 Å². The number of ether oxygens (including phenoxy) is 1. The number of alkyl halides is 1. The lowest BCUT2D eigenvalue weighted by Crippen LogP contribution is -2.38. The van der Waals surface area contributed by atoms with E-state index in [2.05, 4.69) is 20.7 Å². The van der Waals surface area contributed by atoms with E-state index in [1.165, 1.54) is 7.11 Å². The summed E-state index contributed by atoms with van der Waals surface area (Å²) in [6.45, 7) is 3.95. The minimum atomic E-state index is -0.901. The van der Waals surface area contributed by atoms with Gasteiger partial charge in [-0.05, 0) is 24.2 Å². The molecule has 4 atom stereocenters. The number of rotatable bonds is 3. The van der Waals surface area contributed by atoms with Crippen LogP contribution in [0.2, 0.25) is 0 Å². The Kier molecular flexibility index (Phi) is 3.16. The van der Waals surface area contributed by atoms with Gasteiger partial charge in [0.1, 0.15) is 0 Å². The number of ketones is 2. The van der Waals surface area contributed by atoms with E-state index in [0.717, 1.165) is 12.8 Å². The highest BCUT2D eigenvalue weighted by Crippen LogP contribution is 2.66. The molecule has 2 saturated carbocycles. The van der Waals surface area contributed by atoms with Gasteiger partial charge in [-0.15, -0.1) is 0 Å². The Morgan fingerprint density at radius 3 is 2.50 bits per heavy atom. The molecule has 0 aromatic heterocycles. The molecule has 0 spiro atoms. The van der Waals surface area contributed by atoms with E-state index in [4.69, 9.17) is 0 Å². The minimum Gasteiger partial charge on any atom is -0.463 e. The maximum absolute atomic E-state index is 12.5. The Morgan fingerprint density at radius 1 is 1.44 bits per heavy atom. The topological polar surface area (TPSA) is 60.4 Å². The van der Waals surface area contributed by atoms with Gasteiger partial charge in [-0.3, -0.25) is 9.59 Å². The lowest BCUT2D eigenvalue weighted by Gasteiger charge is -2.34. The summed E-state index contributed by atoms with van der Waals surface area (Å²) in [5, 5.41) is 0.665. The lowest BCUT2D eigenvalue weighted by atomic mass is 9.70. The molecule has 4 unspecified atom stereocenters. The lowest BCUT2D eigenvalue weighted by molar-refractivity contribution is -0.156. The zero-order valence-electron chi connectivity index (χ0n) is 10.8. The van der Waals surface area contributed by atoms with Crippen LogP contribution in [0.1, 0.15) is 26.7 Å². The molecule has 0 aliphatic heterocycles. The summed E-state index contributed by atoms with van der Waals surface area (Å²) < 4.78 is 4.46. The van der Waals surface area contributed by atoms with Crippen molar-refractivity contribution in [1.29, 1.82) is 0 Å². The molecular formula is C13H17BrO4. The van der Waals surface area contributed by atoms with Crippen LogP contribution in [0.3, 0.4) is 0 Å². The smallest absolute Gasteiger partial charge is 0.375 e. The molecule has 0 N–H and O–H groups in total. The van der Waals surface area contributed by atoms with Crippen LogP contribution in [-0.4, -0.2) is 30.0 Å². The second kappa shape index (κ2) is 4.15. The third-order valence-corrected chi connectivity index (χ3v) is 6.37. The van der Waals surface area contributed by atoms with Crippen molar-refractivity contribution in [2.75, 3.05) is 12.4 Å². The summed E-state index contributed by atoms with van der Waals surface area (Å²) >= 11 is 3.47. The van der Waals surface area contributed by atoms with Crippen molar-refractivity contribution in [3.8, 4) is 0 Å². The van der Waals surface area contributed by atoms with Gasteiger partial charge in [0.25, 0.3) is 5.78 Å². The zero-order valence-corrected chi connectivity index (χ0v) is 12.4. The number of esters is 1. The molecular weight excluding hydrogens is 300 g/mol. The summed E-state index contributed by atoms with van der Waals surface area (Å²) in [7, 11) is 1.17. The van der Waals surface area contributed by atoms with Crippen LogP contribution in [0.4, 0.5) is 0 Å². The molecule has 0 aromatic rings. The van der Waals surface area contributed by atoms with Gasteiger partial charge >= 0.3 is 5.97 Å². The summed E-state index contributed by atoms with van der Waals surface area (Å²) in [4.78, 5) is 35.9. The molecule has 2 fully saturated rings. The second-order valence-corrected chi connectivity index (χ2v) is 6.29. The predicted octanol–water partition coefficient (Wildman–Crippen LogP) is 1.74. The van der Waals surface area contributed by atoms with Crippen molar-refractivity contribution in [2.45, 2.75) is 26.7 Å². The summed E-state index contributed by atoms with van der Waals surface area (Å²) in [5.74, 6) is -2.53. The molecule has 0 saturated heterocycles. The van der Waals surface area contributed by atoms with E-state index in [1.54, 1.807) is 0 Å². The van der Waals surface area contributed by atoms with Gasteiger partial charge in [-0.2, -0.15) is 0 Å². The van der Waals surface area contributed by atoms with Gasteiger partial charge in [0.05, 0.1) is 13.0 Å². The van der Waals surface area contributed by atoms with Crippen molar-refractivity contribution >= 4 is 33.5 Å². The molecule has 2 aliphatic rings. The fraction of sp³-hybridized carbons (Fsp3) is 0.769. The first-order valence-corrected chi connectivity index (χ1v) is 7.18. The molecule has 2 rings (SSSR count). The number of hydrogen-bond acceptors (Lipinski definition) is 4. The Bertz CT molecular complexity index is 433. The van der Waals surface area contributed by atoms with Crippen LogP contribution < -0.4 is 0 Å². The second-order valence-electron chi connectivity index (χ2n) is 5.73. The Hall–Kier alpha value is -0.710. The number of hydrogen-bond donors (Lipinski definition) is 0. The Balaban J connectivity index is 2.41. The number of carbonyl (C=O) groups excluding carboxylic acids is 3. The molecule has 100 valence electrons. The monoisotopic (exact) mass is 316 g/mol. The number of carbonyl (C=O) groups is 3. The molecule has 18 heavy (non-hydrogen) atoms. The number of halogens is 1. The molecule has 0 amide bonds. The van der Waals surface area contributed by atoms with Gasteiger partial charge in [-0.1, -0.05) is 29.8 Å².